The van der Waals surface area contributed by atoms with Crippen LogP contribution in [0.4, 0.5) is 4.79 Å². The van der Waals surface area contributed by atoms with E-state index < -0.39 is 12.1 Å². The fraction of sp³-hybridized carbons (Fsp3) is 0.778. The van der Waals surface area contributed by atoms with Crippen LogP contribution in [0.25, 0.3) is 0 Å². The smallest absolute Gasteiger partial charge is 0.407 e. The normalized spacial score (nSPS) is 10.5. The highest BCUT2D eigenvalue weighted by atomic mass is 16.5. The Kier molecular flexibility index (Phi) is 10.0. The zero-order valence-electron chi connectivity index (χ0n) is 9.01. The van der Waals surface area contributed by atoms with Gasteiger partial charge < -0.3 is 10.1 Å². The summed E-state index contributed by atoms with van der Waals surface area (Å²) in [5, 5.41) is 2.41. The van der Waals surface area contributed by atoms with Crippen molar-refractivity contribution in [3.05, 3.63) is 0 Å². The van der Waals surface area contributed by atoms with E-state index in [0.717, 1.165) is 0 Å². The Bertz CT molecular complexity index is 157. The third-order valence-corrected chi connectivity index (χ3v) is 1.38. The summed E-state index contributed by atoms with van der Waals surface area (Å²) >= 11 is 0. The molecule has 0 fully saturated rings. The van der Waals surface area contributed by atoms with Gasteiger partial charge in [-0.1, -0.05) is 20.8 Å². The Labute approximate surface area is 79.7 Å². The average Bonchev–Trinajstić information content (AvgIpc) is 2.16. The molecule has 0 aromatic rings. The molecular formula is C9H19NO3. The molecule has 0 aliphatic carbocycles. The Morgan fingerprint density at radius 3 is 2.08 bits per heavy atom. The molecule has 78 valence electrons. The summed E-state index contributed by atoms with van der Waals surface area (Å²) in [6.45, 7) is 7.26. The summed E-state index contributed by atoms with van der Waals surface area (Å²) in [6, 6.07) is -0.414. The number of ketones is 1. The van der Waals surface area contributed by atoms with Crippen LogP contribution in [0.2, 0.25) is 0 Å². The van der Waals surface area contributed by atoms with E-state index in [1.54, 1.807) is 0 Å². The third kappa shape index (κ3) is 7.31. The van der Waals surface area contributed by atoms with Gasteiger partial charge in [-0.3, -0.25) is 4.79 Å². The lowest BCUT2D eigenvalue weighted by Gasteiger charge is -2.11. The summed E-state index contributed by atoms with van der Waals surface area (Å²) in [4.78, 5) is 21.4. The fourth-order valence-corrected chi connectivity index (χ4v) is 0.692. The van der Waals surface area contributed by atoms with Gasteiger partial charge in [0, 0.05) is 0 Å². The summed E-state index contributed by atoms with van der Waals surface area (Å²) in [7, 11) is 1.27. The highest BCUT2D eigenvalue weighted by molar-refractivity contribution is 5.85. The lowest BCUT2D eigenvalue weighted by Crippen LogP contribution is -2.39. The number of hydrogen-bond donors (Lipinski definition) is 1. The minimum atomic E-state index is -0.563. The maximum absolute atomic E-state index is 10.8. The van der Waals surface area contributed by atoms with Gasteiger partial charge in [0.05, 0.1) is 13.2 Å². The molecular weight excluding hydrogens is 170 g/mol. The number of carbonyl (C=O) groups is 2. The molecule has 4 nitrogen and oxygen atoms in total. The molecule has 0 radical (unpaired) electrons. The van der Waals surface area contributed by atoms with Crippen molar-refractivity contribution in [3.63, 3.8) is 0 Å². The van der Waals surface area contributed by atoms with Gasteiger partial charge in [-0.25, -0.2) is 4.79 Å². The molecule has 1 atom stereocenters. The molecule has 1 amide bonds. The van der Waals surface area contributed by atoms with Crippen LogP contribution in [0.5, 0.6) is 0 Å². The predicted octanol–water partition coefficient (Wildman–Crippen LogP) is 1.74. The largest absolute Gasteiger partial charge is 0.453 e. The zero-order valence-corrected chi connectivity index (χ0v) is 9.01. The number of nitrogens with one attached hydrogen (secondary N) is 1. The van der Waals surface area contributed by atoms with Crippen LogP contribution in [0.1, 0.15) is 34.1 Å². The van der Waals surface area contributed by atoms with Crippen molar-refractivity contribution in [1.82, 2.24) is 5.32 Å². The van der Waals surface area contributed by atoms with Crippen molar-refractivity contribution >= 4 is 11.9 Å². The maximum Gasteiger partial charge on any atom is 0.407 e. The topological polar surface area (TPSA) is 55.4 Å². The Balaban J connectivity index is 0. The van der Waals surface area contributed by atoms with Crippen molar-refractivity contribution in [3.8, 4) is 0 Å². The van der Waals surface area contributed by atoms with Crippen LogP contribution < -0.4 is 5.32 Å². The molecule has 1 N–H and O–H groups in total. The molecule has 13 heavy (non-hydrogen) atoms. The first-order chi connectivity index (χ1) is 6.11. The molecule has 0 aliphatic heterocycles. The van der Waals surface area contributed by atoms with Crippen molar-refractivity contribution in [2.45, 2.75) is 40.2 Å². The molecule has 0 saturated carbocycles. The Morgan fingerprint density at radius 1 is 1.38 bits per heavy atom. The van der Waals surface area contributed by atoms with Crippen molar-refractivity contribution < 1.29 is 14.3 Å². The van der Waals surface area contributed by atoms with Crippen LogP contribution in [0, 0.1) is 0 Å². The van der Waals surface area contributed by atoms with E-state index in [2.05, 4.69) is 10.1 Å². The third-order valence-electron chi connectivity index (χ3n) is 1.38. The van der Waals surface area contributed by atoms with Crippen molar-refractivity contribution in [2.75, 3.05) is 7.11 Å². The second kappa shape index (κ2) is 9.03. The standard InChI is InChI=1S/C7H13NO3.C2H6/c1-4-6(5(2)9)8-7(10)11-3;1-2/h6H,4H2,1-3H3,(H,8,10);1-2H3. The highest BCUT2D eigenvalue weighted by Gasteiger charge is 2.13. The monoisotopic (exact) mass is 189 g/mol. The van der Waals surface area contributed by atoms with Gasteiger partial charge in [0.25, 0.3) is 0 Å². The molecule has 1 unspecified atom stereocenters. The molecule has 0 aromatic carbocycles. The number of carbonyl (C=O) groups excluding carboxylic acids is 2. The summed E-state index contributed by atoms with van der Waals surface area (Å²) in [6.07, 6.45) is 0.0248. The first kappa shape index (κ1) is 14.5. The van der Waals surface area contributed by atoms with Gasteiger partial charge in [0.1, 0.15) is 0 Å². The molecule has 0 spiro atoms. The molecule has 0 heterocycles. The maximum atomic E-state index is 10.8. The minimum Gasteiger partial charge on any atom is -0.453 e. The molecule has 0 saturated heterocycles. The number of rotatable bonds is 3. The van der Waals surface area contributed by atoms with Crippen LogP contribution in [-0.4, -0.2) is 25.0 Å². The second-order valence-electron chi connectivity index (χ2n) is 2.21. The SMILES string of the molecule is CC.CCC(NC(=O)OC)C(C)=O. The van der Waals surface area contributed by atoms with E-state index in [1.165, 1.54) is 14.0 Å². The molecule has 0 aromatic heterocycles. The van der Waals surface area contributed by atoms with E-state index in [9.17, 15) is 9.59 Å². The van der Waals surface area contributed by atoms with E-state index in [-0.39, 0.29) is 5.78 Å². The minimum absolute atomic E-state index is 0.0575. The Hall–Kier alpha value is -1.06. The zero-order chi connectivity index (χ0) is 10.9. The number of alkyl carbamates (subject to hydrolysis) is 1. The van der Waals surface area contributed by atoms with Gasteiger partial charge in [-0.2, -0.15) is 0 Å². The Morgan fingerprint density at radius 2 is 1.85 bits per heavy atom. The molecule has 0 bridgehead atoms. The first-order valence-electron chi connectivity index (χ1n) is 4.46. The van der Waals surface area contributed by atoms with Crippen LogP contribution >= 0.6 is 0 Å². The number of Topliss-reactive ketones (excluding diaryl/α,β-unsaturated/α-hetero) is 1. The van der Waals surface area contributed by atoms with E-state index in [4.69, 9.17) is 0 Å². The molecule has 0 rings (SSSR count). The van der Waals surface area contributed by atoms with E-state index in [0.29, 0.717) is 6.42 Å². The van der Waals surface area contributed by atoms with Crippen molar-refractivity contribution in [2.24, 2.45) is 0 Å². The summed E-state index contributed by atoms with van der Waals surface area (Å²) in [5.74, 6) is -0.0575. The van der Waals surface area contributed by atoms with E-state index >= 15 is 0 Å². The van der Waals surface area contributed by atoms with Crippen LogP contribution in [0.3, 0.4) is 0 Å². The van der Waals surface area contributed by atoms with Gasteiger partial charge in [-0.05, 0) is 13.3 Å². The highest BCUT2D eigenvalue weighted by Crippen LogP contribution is 1.92. The quantitative estimate of drug-likeness (QED) is 0.735. The van der Waals surface area contributed by atoms with Crippen LogP contribution in [0.15, 0.2) is 0 Å². The lowest BCUT2D eigenvalue weighted by atomic mass is 10.1. The fourth-order valence-electron chi connectivity index (χ4n) is 0.692. The summed E-state index contributed by atoms with van der Waals surface area (Å²) < 4.78 is 4.33. The predicted molar refractivity (Wildman–Crippen MR) is 51.6 cm³/mol. The molecule has 4 heteroatoms. The van der Waals surface area contributed by atoms with Gasteiger partial charge in [-0.15, -0.1) is 0 Å². The number of ether oxygens (including phenoxy) is 1. The van der Waals surface area contributed by atoms with Gasteiger partial charge in [0.2, 0.25) is 0 Å². The van der Waals surface area contributed by atoms with Crippen LogP contribution in [-0.2, 0) is 9.53 Å². The second-order valence-corrected chi connectivity index (χ2v) is 2.21. The number of hydrogen-bond acceptors (Lipinski definition) is 3. The summed E-state index contributed by atoms with van der Waals surface area (Å²) in [5.41, 5.74) is 0. The van der Waals surface area contributed by atoms with E-state index in [1.807, 2.05) is 20.8 Å². The first-order valence-corrected chi connectivity index (χ1v) is 4.46. The lowest BCUT2D eigenvalue weighted by molar-refractivity contribution is -0.118. The van der Waals surface area contributed by atoms with Crippen molar-refractivity contribution in [1.29, 1.82) is 0 Å². The van der Waals surface area contributed by atoms with Gasteiger partial charge in [0.15, 0.2) is 5.78 Å². The number of amides is 1. The number of methoxy groups -OCH3 is 1. The average molecular weight is 189 g/mol. The van der Waals surface area contributed by atoms with Gasteiger partial charge >= 0.3 is 6.09 Å². The molecule has 0 aliphatic rings.